The van der Waals surface area contributed by atoms with E-state index in [2.05, 4.69) is 0 Å². The number of rotatable bonds is 4. The van der Waals surface area contributed by atoms with Crippen LogP contribution in [0.25, 0.3) is 0 Å². The standard InChI is InChI=1S/C9H12F3NO3/c1-13(3-2-9(10,11)12)7(14)5-4-6(5)8(15)16/h5-6H,2-4H2,1H3,(H,15,16). The SMILES string of the molecule is CN(CCC(F)(F)F)C(=O)C1CC1C(=O)O. The average molecular weight is 239 g/mol. The van der Waals surface area contributed by atoms with Crippen LogP contribution in [0.15, 0.2) is 0 Å². The van der Waals surface area contributed by atoms with Gasteiger partial charge < -0.3 is 10.0 Å². The Kier molecular flexibility index (Phi) is 3.44. The smallest absolute Gasteiger partial charge is 0.390 e. The van der Waals surface area contributed by atoms with Gasteiger partial charge >= 0.3 is 12.1 Å². The van der Waals surface area contributed by atoms with Gasteiger partial charge in [0.1, 0.15) is 0 Å². The number of carboxylic acid groups (broad SMARTS) is 1. The van der Waals surface area contributed by atoms with Gasteiger partial charge in [0.05, 0.1) is 18.3 Å². The second-order valence-corrected chi connectivity index (χ2v) is 3.91. The molecule has 1 amide bonds. The van der Waals surface area contributed by atoms with Crippen molar-refractivity contribution in [2.24, 2.45) is 11.8 Å². The molecule has 0 aliphatic heterocycles. The van der Waals surface area contributed by atoms with Gasteiger partial charge in [0.15, 0.2) is 0 Å². The van der Waals surface area contributed by atoms with Crippen LogP contribution >= 0.6 is 0 Å². The van der Waals surface area contributed by atoms with E-state index in [-0.39, 0.29) is 6.42 Å². The van der Waals surface area contributed by atoms with Crippen molar-refractivity contribution in [1.82, 2.24) is 4.90 Å². The first-order valence-corrected chi connectivity index (χ1v) is 4.77. The zero-order valence-corrected chi connectivity index (χ0v) is 8.62. The second-order valence-electron chi connectivity index (χ2n) is 3.91. The number of carbonyl (C=O) groups excluding carboxylic acids is 1. The van der Waals surface area contributed by atoms with Crippen LogP contribution in [-0.4, -0.2) is 41.7 Å². The maximum atomic E-state index is 11.9. The number of hydrogen-bond acceptors (Lipinski definition) is 2. The first-order valence-electron chi connectivity index (χ1n) is 4.77. The fourth-order valence-electron chi connectivity index (χ4n) is 1.43. The Morgan fingerprint density at radius 2 is 1.94 bits per heavy atom. The van der Waals surface area contributed by atoms with Crippen LogP contribution in [0.4, 0.5) is 13.2 Å². The molecule has 1 saturated carbocycles. The van der Waals surface area contributed by atoms with Gasteiger partial charge in [-0.15, -0.1) is 0 Å². The van der Waals surface area contributed by atoms with E-state index in [9.17, 15) is 22.8 Å². The number of aliphatic carboxylic acids is 1. The first kappa shape index (κ1) is 12.8. The molecule has 1 aliphatic carbocycles. The summed E-state index contributed by atoms with van der Waals surface area (Å²) < 4.78 is 35.6. The molecule has 92 valence electrons. The number of alkyl halides is 3. The zero-order chi connectivity index (χ0) is 12.5. The highest BCUT2D eigenvalue weighted by Gasteiger charge is 2.49. The summed E-state index contributed by atoms with van der Waals surface area (Å²) in [5.41, 5.74) is 0. The Labute approximate surface area is 90.0 Å². The van der Waals surface area contributed by atoms with E-state index in [4.69, 9.17) is 5.11 Å². The Bertz CT molecular complexity index is 303. The number of carbonyl (C=O) groups is 2. The minimum atomic E-state index is -4.30. The maximum absolute atomic E-state index is 11.9. The van der Waals surface area contributed by atoms with Gasteiger partial charge in [0.25, 0.3) is 0 Å². The lowest BCUT2D eigenvalue weighted by Gasteiger charge is -2.17. The van der Waals surface area contributed by atoms with Gasteiger partial charge in [0.2, 0.25) is 5.91 Å². The van der Waals surface area contributed by atoms with Crippen molar-refractivity contribution in [2.75, 3.05) is 13.6 Å². The molecule has 0 aromatic heterocycles. The average Bonchev–Trinajstić information content (AvgIpc) is 2.91. The van der Waals surface area contributed by atoms with E-state index >= 15 is 0 Å². The van der Waals surface area contributed by atoms with E-state index in [1.165, 1.54) is 7.05 Å². The topological polar surface area (TPSA) is 57.6 Å². The van der Waals surface area contributed by atoms with E-state index in [0.717, 1.165) is 4.90 Å². The molecule has 2 atom stereocenters. The fourth-order valence-corrected chi connectivity index (χ4v) is 1.43. The van der Waals surface area contributed by atoms with Crippen LogP contribution in [0.3, 0.4) is 0 Å². The highest BCUT2D eigenvalue weighted by Crippen LogP contribution is 2.40. The molecule has 0 aromatic rings. The Balaban J connectivity index is 2.36. The van der Waals surface area contributed by atoms with E-state index in [0.29, 0.717) is 0 Å². The van der Waals surface area contributed by atoms with Gasteiger partial charge in [-0.25, -0.2) is 0 Å². The molecule has 16 heavy (non-hydrogen) atoms. The third-order valence-corrected chi connectivity index (χ3v) is 2.53. The highest BCUT2D eigenvalue weighted by molar-refractivity contribution is 5.89. The summed E-state index contributed by atoms with van der Waals surface area (Å²) in [7, 11) is 1.26. The van der Waals surface area contributed by atoms with Crippen LogP contribution in [0.5, 0.6) is 0 Å². The molecular formula is C9H12F3NO3. The largest absolute Gasteiger partial charge is 0.481 e. The van der Waals surface area contributed by atoms with Gasteiger partial charge in [-0.3, -0.25) is 9.59 Å². The van der Waals surface area contributed by atoms with Gasteiger partial charge in [-0.2, -0.15) is 13.2 Å². The van der Waals surface area contributed by atoms with Gasteiger partial charge in [-0.05, 0) is 6.42 Å². The summed E-state index contributed by atoms with van der Waals surface area (Å²) in [5, 5.41) is 8.56. The van der Waals surface area contributed by atoms with E-state index < -0.39 is 42.9 Å². The van der Waals surface area contributed by atoms with Crippen molar-refractivity contribution in [3.05, 3.63) is 0 Å². The van der Waals surface area contributed by atoms with Crippen LogP contribution in [0.2, 0.25) is 0 Å². The second kappa shape index (κ2) is 4.31. The first-order chi connectivity index (χ1) is 7.22. The van der Waals surface area contributed by atoms with Crippen LogP contribution in [0, 0.1) is 11.8 Å². The molecule has 0 spiro atoms. The predicted octanol–water partition coefficient (Wildman–Crippen LogP) is 1.12. The fraction of sp³-hybridized carbons (Fsp3) is 0.778. The number of halogens is 3. The van der Waals surface area contributed by atoms with Crippen molar-refractivity contribution in [3.63, 3.8) is 0 Å². The molecule has 0 aromatic carbocycles. The number of carboxylic acids is 1. The maximum Gasteiger partial charge on any atom is 0.390 e. The Morgan fingerprint density at radius 3 is 2.31 bits per heavy atom. The molecule has 7 heteroatoms. The van der Waals surface area contributed by atoms with Crippen molar-refractivity contribution < 1.29 is 27.9 Å². The molecule has 2 unspecified atom stereocenters. The summed E-state index contributed by atoms with van der Waals surface area (Å²) in [6.45, 7) is -0.425. The molecule has 0 saturated heterocycles. The molecule has 1 rings (SSSR count). The normalized spacial score (nSPS) is 24.0. The van der Waals surface area contributed by atoms with Crippen molar-refractivity contribution in [2.45, 2.75) is 19.0 Å². The lowest BCUT2D eigenvalue weighted by Crippen LogP contribution is -2.32. The third-order valence-electron chi connectivity index (χ3n) is 2.53. The lowest BCUT2D eigenvalue weighted by atomic mass is 10.2. The Morgan fingerprint density at radius 1 is 1.38 bits per heavy atom. The minimum absolute atomic E-state index is 0.227. The summed E-state index contributed by atoms with van der Waals surface area (Å²) in [6, 6.07) is 0. The summed E-state index contributed by atoms with van der Waals surface area (Å²) in [5.74, 6) is -2.95. The van der Waals surface area contributed by atoms with E-state index in [1.54, 1.807) is 0 Å². The molecule has 0 heterocycles. The molecule has 1 fully saturated rings. The number of nitrogens with zero attached hydrogens (tertiary/aromatic N) is 1. The molecular weight excluding hydrogens is 227 g/mol. The molecule has 0 radical (unpaired) electrons. The molecule has 1 N–H and O–H groups in total. The predicted molar refractivity (Wildman–Crippen MR) is 47.5 cm³/mol. The minimum Gasteiger partial charge on any atom is -0.481 e. The van der Waals surface area contributed by atoms with Crippen molar-refractivity contribution in [1.29, 1.82) is 0 Å². The monoisotopic (exact) mass is 239 g/mol. The van der Waals surface area contributed by atoms with Gasteiger partial charge in [-0.1, -0.05) is 0 Å². The quantitative estimate of drug-likeness (QED) is 0.799. The summed E-state index contributed by atoms with van der Waals surface area (Å²) in [6.07, 6.45) is -5.14. The zero-order valence-electron chi connectivity index (χ0n) is 8.62. The summed E-state index contributed by atoms with van der Waals surface area (Å²) >= 11 is 0. The highest BCUT2D eigenvalue weighted by atomic mass is 19.4. The van der Waals surface area contributed by atoms with Gasteiger partial charge in [0, 0.05) is 13.6 Å². The number of hydrogen-bond donors (Lipinski definition) is 1. The summed E-state index contributed by atoms with van der Waals surface area (Å²) in [4.78, 5) is 22.8. The number of amides is 1. The van der Waals surface area contributed by atoms with Crippen molar-refractivity contribution >= 4 is 11.9 Å². The molecule has 4 nitrogen and oxygen atoms in total. The molecule has 0 bridgehead atoms. The van der Waals surface area contributed by atoms with Crippen LogP contribution in [0.1, 0.15) is 12.8 Å². The Hall–Kier alpha value is -1.27. The van der Waals surface area contributed by atoms with Crippen molar-refractivity contribution in [3.8, 4) is 0 Å². The molecule has 1 aliphatic rings. The van der Waals surface area contributed by atoms with E-state index in [1.807, 2.05) is 0 Å². The third kappa shape index (κ3) is 3.39. The van der Waals surface area contributed by atoms with Crippen LogP contribution < -0.4 is 0 Å². The lowest BCUT2D eigenvalue weighted by molar-refractivity contribution is -0.147. The van der Waals surface area contributed by atoms with Crippen LogP contribution in [-0.2, 0) is 9.59 Å².